The molecule has 0 saturated carbocycles. The maximum Gasteiger partial charge on any atom is 0.313 e. The van der Waals surface area contributed by atoms with E-state index in [4.69, 9.17) is 4.74 Å². The normalized spacial score (nSPS) is 12.4. The first kappa shape index (κ1) is 12.2. The highest BCUT2D eigenvalue weighted by Crippen LogP contribution is 2.25. The summed E-state index contributed by atoms with van der Waals surface area (Å²) in [5.41, 5.74) is 1.10. The number of carbonyl (C=O) groups excluding carboxylic acids is 1. The molecule has 0 aliphatic rings. The van der Waals surface area contributed by atoms with E-state index in [9.17, 15) is 4.79 Å². The highest BCUT2D eigenvalue weighted by atomic mass is 32.1. The van der Waals surface area contributed by atoms with Gasteiger partial charge in [0.1, 0.15) is 0 Å². The van der Waals surface area contributed by atoms with Gasteiger partial charge in [0.2, 0.25) is 0 Å². The smallest absolute Gasteiger partial charge is 0.313 e. The highest BCUT2D eigenvalue weighted by molar-refractivity contribution is 7.08. The summed E-state index contributed by atoms with van der Waals surface area (Å²) in [5, 5.41) is 4.05. The minimum atomic E-state index is -0.0793. The van der Waals surface area contributed by atoms with Crippen molar-refractivity contribution in [1.29, 1.82) is 0 Å². The fourth-order valence-corrected chi connectivity index (χ4v) is 2.26. The quantitative estimate of drug-likeness (QED) is 0.693. The van der Waals surface area contributed by atoms with Crippen molar-refractivity contribution in [2.24, 2.45) is 0 Å². The molecule has 0 saturated heterocycles. The predicted octanol–water partition coefficient (Wildman–Crippen LogP) is 3.59. The molecule has 0 amide bonds. The van der Waals surface area contributed by atoms with Gasteiger partial charge < -0.3 is 4.74 Å². The largest absolute Gasteiger partial charge is 0.466 e. The Morgan fingerprint density at radius 1 is 1.53 bits per heavy atom. The summed E-state index contributed by atoms with van der Waals surface area (Å²) in [7, 11) is 0. The van der Waals surface area contributed by atoms with Gasteiger partial charge in [-0.25, -0.2) is 0 Å². The van der Waals surface area contributed by atoms with Gasteiger partial charge in [0.25, 0.3) is 0 Å². The fraction of sp³-hybridized carbons (Fsp3) is 0.583. The minimum Gasteiger partial charge on any atom is -0.466 e. The van der Waals surface area contributed by atoms with Crippen LogP contribution in [0.1, 0.15) is 44.6 Å². The summed E-state index contributed by atoms with van der Waals surface area (Å²) in [6.45, 7) is 4.45. The number of hydrogen-bond donors (Lipinski definition) is 0. The van der Waals surface area contributed by atoms with Crippen LogP contribution in [0.5, 0.6) is 0 Å². The lowest BCUT2D eigenvalue weighted by molar-refractivity contribution is -0.145. The van der Waals surface area contributed by atoms with E-state index in [0.29, 0.717) is 6.61 Å². The summed E-state index contributed by atoms with van der Waals surface area (Å²) in [4.78, 5) is 11.7. The molecule has 1 atom stereocenters. The van der Waals surface area contributed by atoms with Crippen LogP contribution < -0.4 is 0 Å². The lowest BCUT2D eigenvalue weighted by Crippen LogP contribution is -2.15. The molecule has 0 aliphatic heterocycles. The van der Waals surface area contributed by atoms with E-state index in [1.165, 1.54) is 0 Å². The number of hydrogen-bond acceptors (Lipinski definition) is 3. The molecule has 0 aliphatic carbocycles. The number of carbonyl (C=O) groups is 1. The molecular weight excluding hydrogens is 208 g/mol. The van der Waals surface area contributed by atoms with Crippen LogP contribution in [0.25, 0.3) is 0 Å². The first-order chi connectivity index (χ1) is 7.29. The summed E-state index contributed by atoms with van der Waals surface area (Å²) in [6.07, 6.45) is 3.07. The van der Waals surface area contributed by atoms with Gasteiger partial charge in [-0.3, -0.25) is 4.79 Å². The van der Waals surface area contributed by atoms with Gasteiger partial charge in [-0.1, -0.05) is 19.8 Å². The second-order valence-electron chi connectivity index (χ2n) is 3.50. The summed E-state index contributed by atoms with van der Waals surface area (Å²) >= 11 is 1.63. The zero-order valence-corrected chi connectivity index (χ0v) is 10.2. The second-order valence-corrected chi connectivity index (χ2v) is 4.28. The molecule has 15 heavy (non-hydrogen) atoms. The van der Waals surface area contributed by atoms with E-state index in [1.54, 1.807) is 11.3 Å². The van der Waals surface area contributed by atoms with Gasteiger partial charge in [-0.2, -0.15) is 11.3 Å². The lowest BCUT2D eigenvalue weighted by Gasteiger charge is -2.13. The maximum atomic E-state index is 11.7. The van der Waals surface area contributed by atoms with Crippen molar-refractivity contribution in [2.75, 3.05) is 6.61 Å². The molecule has 84 valence electrons. The first-order valence-electron chi connectivity index (χ1n) is 5.48. The third-order valence-electron chi connectivity index (χ3n) is 2.36. The number of unbranched alkanes of at least 4 members (excludes halogenated alkanes) is 1. The van der Waals surface area contributed by atoms with Crippen LogP contribution in [0, 0.1) is 0 Å². The van der Waals surface area contributed by atoms with Crippen LogP contribution >= 0.6 is 11.3 Å². The van der Waals surface area contributed by atoms with E-state index in [0.717, 1.165) is 24.8 Å². The Morgan fingerprint density at radius 3 is 2.87 bits per heavy atom. The Morgan fingerprint density at radius 2 is 2.33 bits per heavy atom. The Kier molecular flexibility index (Phi) is 5.40. The second kappa shape index (κ2) is 6.62. The molecule has 0 radical (unpaired) electrons. The Balaban J connectivity index is 2.65. The highest BCUT2D eigenvalue weighted by Gasteiger charge is 2.21. The third kappa shape index (κ3) is 3.67. The molecule has 0 fully saturated rings. The molecule has 3 heteroatoms. The maximum absolute atomic E-state index is 11.7. The van der Waals surface area contributed by atoms with Gasteiger partial charge in [0, 0.05) is 0 Å². The van der Waals surface area contributed by atoms with E-state index < -0.39 is 0 Å². The molecule has 0 aromatic carbocycles. The molecule has 0 spiro atoms. The van der Waals surface area contributed by atoms with E-state index >= 15 is 0 Å². The zero-order valence-electron chi connectivity index (χ0n) is 9.36. The van der Waals surface area contributed by atoms with Crippen LogP contribution in [0.4, 0.5) is 0 Å². The summed E-state index contributed by atoms with van der Waals surface area (Å²) < 4.78 is 5.09. The molecule has 0 bridgehead atoms. The van der Waals surface area contributed by atoms with Crippen molar-refractivity contribution in [3.63, 3.8) is 0 Å². The number of ether oxygens (including phenoxy) is 1. The predicted molar refractivity (Wildman–Crippen MR) is 63.2 cm³/mol. The number of thiophene rings is 1. The molecule has 2 nitrogen and oxygen atoms in total. The minimum absolute atomic E-state index is 0.0591. The van der Waals surface area contributed by atoms with Crippen molar-refractivity contribution < 1.29 is 9.53 Å². The number of esters is 1. The molecule has 1 rings (SSSR count). The molecule has 1 heterocycles. The summed E-state index contributed by atoms with van der Waals surface area (Å²) in [5.74, 6) is -0.138. The van der Waals surface area contributed by atoms with Crippen LogP contribution in [-0.2, 0) is 9.53 Å². The lowest BCUT2D eigenvalue weighted by atomic mass is 9.96. The van der Waals surface area contributed by atoms with Crippen LogP contribution in [0.15, 0.2) is 16.8 Å². The standard InChI is InChI=1S/C12H18O2S/c1-3-5-6-11(12(13)14-4-2)10-7-8-15-9-10/h7-9,11H,3-6H2,1-2H3. The van der Waals surface area contributed by atoms with Crippen molar-refractivity contribution >= 4 is 17.3 Å². The van der Waals surface area contributed by atoms with Gasteiger partial charge in [0.05, 0.1) is 12.5 Å². The monoisotopic (exact) mass is 226 g/mol. The van der Waals surface area contributed by atoms with E-state index in [1.807, 2.05) is 23.8 Å². The molecular formula is C12H18O2S. The fourth-order valence-electron chi connectivity index (χ4n) is 1.54. The number of rotatable bonds is 6. The molecule has 0 N–H and O–H groups in total. The molecule has 1 unspecified atom stereocenters. The first-order valence-corrected chi connectivity index (χ1v) is 6.42. The van der Waals surface area contributed by atoms with Crippen LogP contribution in [0.3, 0.4) is 0 Å². The summed E-state index contributed by atoms with van der Waals surface area (Å²) in [6, 6.07) is 2.02. The topological polar surface area (TPSA) is 26.3 Å². The van der Waals surface area contributed by atoms with Gasteiger partial charge in [0.15, 0.2) is 0 Å². The Hall–Kier alpha value is -0.830. The Labute approximate surface area is 95.3 Å². The Bertz CT molecular complexity index is 280. The SMILES string of the molecule is CCCCC(C(=O)OCC)c1ccsc1. The van der Waals surface area contributed by atoms with Crippen molar-refractivity contribution in [3.8, 4) is 0 Å². The van der Waals surface area contributed by atoms with Gasteiger partial charge in [-0.05, 0) is 35.7 Å². The van der Waals surface area contributed by atoms with Crippen molar-refractivity contribution in [2.45, 2.75) is 39.0 Å². The molecule has 1 aromatic rings. The van der Waals surface area contributed by atoms with E-state index in [2.05, 4.69) is 6.92 Å². The van der Waals surface area contributed by atoms with Gasteiger partial charge >= 0.3 is 5.97 Å². The van der Waals surface area contributed by atoms with Crippen molar-refractivity contribution in [1.82, 2.24) is 0 Å². The van der Waals surface area contributed by atoms with E-state index in [-0.39, 0.29) is 11.9 Å². The van der Waals surface area contributed by atoms with Crippen LogP contribution in [0.2, 0.25) is 0 Å². The van der Waals surface area contributed by atoms with Crippen molar-refractivity contribution in [3.05, 3.63) is 22.4 Å². The van der Waals surface area contributed by atoms with Gasteiger partial charge in [-0.15, -0.1) is 0 Å². The zero-order chi connectivity index (χ0) is 11.1. The average Bonchev–Trinajstić information content (AvgIpc) is 2.72. The molecule has 1 aromatic heterocycles. The average molecular weight is 226 g/mol. The third-order valence-corrected chi connectivity index (χ3v) is 3.06. The van der Waals surface area contributed by atoms with Crippen LogP contribution in [-0.4, -0.2) is 12.6 Å².